The van der Waals surface area contributed by atoms with Crippen LogP contribution in [-0.2, 0) is 4.79 Å². The first-order chi connectivity index (χ1) is 10.6. The second-order valence-electron chi connectivity index (χ2n) is 6.51. The zero-order valence-corrected chi connectivity index (χ0v) is 13.2. The van der Waals surface area contributed by atoms with E-state index in [1.54, 1.807) is 11.0 Å². The van der Waals surface area contributed by atoms with E-state index >= 15 is 0 Å². The summed E-state index contributed by atoms with van der Waals surface area (Å²) in [4.78, 5) is 28.2. The van der Waals surface area contributed by atoms with Crippen LogP contribution in [0.5, 0.6) is 0 Å². The van der Waals surface area contributed by atoms with E-state index in [2.05, 4.69) is 5.16 Å². The third-order valence-corrected chi connectivity index (χ3v) is 4.32. The quantitative estimate of drug-likeness (QED) is 0.855. The van der Waals surface area contributed by atoms with E-state index in [1.807, 2.05) is 18.7 Å². The lowest BCUT2D eigenvalue weighted by Gasteiger charge is -2.23. The third kappa shape index (κ3) is 3.15. The Hall–Kier alpha value is -1.85. The molecule has 120 valence electrons. The molecule has 1 aliphatic heterocycles. The van der Waals surface area contributed by atoms with Crippen molar-refractivity contribution in [2.45, 2.75) is 39.0 Å². The number of hydrogen-bond donors (Lipinski definition) is 0. The Kier molecular flexibility index (Phi) is 4.18. The highest BCUT2D eigenvalue weighted by Crippen LogP contribution is 2.40. The standard InChI is InChI=1S/C16H23N3O3/c1-11(2)15(20)18-6-3-7-19(9-8-18)16(21)13-10-14(22-17-13)12-4-5-12/h10-12H,3-9H2,1-2H3. The zero-order chi connectivity index (χ0) is 15.7. The van der Waals surface area contributed by atoms with E-state index in [9.17, 15) is 9.59 Å². The van der Waals surface area contributed by atoms with Crippen LogP contribution in [0.25, 0.3) is 0 Å². The number of hydrogen-bond acceptors (Lipinski definition) is 4. The van der Waals surface area contributed by atoms with Gasteiger partial charge in [0.05, 0.1) is 0 Å². The van der Waals surface area contributed by atoms with E-state index in [1.165, 1.54) is 0 Å². The molecule has 0 radical (unpaired) electrons. The predicted octanol–water partition coefficient (Wildman–Crippen LogP) is 1.88. The topological polar surface area (TPSA) is 66.7 Å². The van der Waals surface area contributed by atoms with Gasteiger partial charge < -0.3 is 14.3 Å². The van der Waals surface area contributed by atoms with Crippen molar-refractivity contribution < 1.29 is 14.1 Å². The van der Waals surface area contributed by atoms with Gasteiger partial charge in [0.1, 0.15) is 5.76 Å². The molecule has 0 spiro atoms. The van der Waals surface area contributed by atoms with Gasteiger partial charge in [-0.05, 0) is 19.3 Å². The molecule has 0 aromatic carbocycles. The maximum Gasteiger partial charge on any atom is 0.276 e. The van der Waals surface area contributed by atoms with Crippen molar-refractivity contribution in [2.75, 3.05) is 26.2 Å². The molecule has 0 bridgehead atoms. The minimum Gasteiger partial charge on any atom is -0.360 e. The predicted molar refractivity (Wildman–Crippen MR) is 80.4 cm³/mol. The highest BCUT2D eigenvalue weighted by molar-refractivity contribution is 5.92. The van der Waals surface area contributed by atoms with Crippen molar-refractivity contribution in [3.05, 3.63) is 17.5 Å². The first-order valence-electron chi connectivity index (χ1n) is 8.11. The normalized spacial score (nSPS) is 19.4. The Bertz CT molecular complexity index is 563. The van der Waals surface area contributed by atoms with Crippen LogP contribution in [0, 0.1) is 5.92 Å². The molecule has 1 aliphatic carbocycles. The molecular weight excluding hydrogens is 282 g/mol. The average molecular weight is 305 g/mol. The summed E-state index contributed by atoms with van der Waals surface area (Å²) < 4.78 is 5.26. The smallest absolute Gasteiger partial charge is 0.276 e. The first kappa shape index (κ1) is 15.1. The Labute approximate surface area is 130 Å². The number of rotatable bonds is 3. The number of nitrogens with zero attached hydrogens (tertiary/aromatic N) is 3. The second-order valence-corrected chi connectivity index (χ2v) is 6.51. The summed E-state index contributed by atoms with van der Waals surface area (Å²) in [5.41, 5.74) is 0.394. The summed E-state index contributed by atoms with van der Waals surface area (Å²) in [5.74, 6) is 1.35. The molecule has 2 heterocycles. The molecular formula is C16H23N3O3. The van der Waals surface area contributed by atoms with Crippen LogP contribution in [-0.4, -0.2) is 52.9 Å². The zero-order valence-electron chi connectivity index (χ0n) is 13.2. The maximum absolute atomic E-state index is 12.5. The van der Waals surface area contributed by atoms with E-state index in [0.717, 1.165) is 25.0 Å². The van der Waals surface area contributed by atoms with Crippen molar-refractivity contribution in [1.82, 2.24) is 15.0 Å². The van der Waals surface area contributed by atoms with Crippen molar-refractivity contribution in [2.24, 2.45) is 5.92 Å². The van der Waals surface area contributed by atoms with E-state index < -0.39 is 0 Å². The molecule has 0 N–H and O–H groups in total. The van der Waals surface area contributed by atoms with Gasteiger partial charge in [0.25, 0.3) is 5.91 Å². The van der Waals surface area contributed by atoms with Gasteiger partial charge in [0.15, 0.2) is 5.69 Å². The molecule has 1 saturated heterocycles. The van der Waals surface area contributed by atoms with Crippen molar-refractivity contribution in [3.8, 4) is 0 Å². The molecule has 1 aromatic rings. The van der Waals surface area contributed by atoms with Crippen LogP contribution >= 0.6 is 0 Å². The van der Waals surface area contributed by atoms with E-state index in [4.69, 9.17) is 4.52 Å². The summed E-state index contributed by atoms with van der Waals surface area (Å²) >= 11 is 0. The fourth-order valence-electron chi connectivity index (χ4n) is 2.82. The summed E-state index contributed by atoms with van der Waals surface area (Å²) in [6.07, 6.45) is 3.05. The van der Waals surface area contributed by atoms with E-state index in [0.29, 0.717) is 37.8 Å². The van der Waals surface area contributed by atoms with Crippen LogP contribution in [0.2, 0.25) is 0 Å². The van der Waals surface area contributed by atoms with Crippen molar-refractivity contribution >= 4 is 11.8 Å². The van der Waals surface area contributed by atoms with Crippen molar-refractivity contribution in [3.63, 3.8) is 0 Å². The SMILES string of the molecule is CC(C)C(=O)N1CCCN(C(=O)c2cc(C3CC3)on2)CC1. The Morgan fingerprint density at radius 3 is 2.55 bits per heavy atom. The minimum absolute atomic E-state index is 0.00103. The van der Waals surface area contributed by atoms with E-state index in [-0.39, 0.29) is 17.7 Å². The molecule has 1 saturated carbocycles. The highest BCUT2D eigenvalue weighted by Gasteiger charge is 2.30. The van der Waals surface area contributed by atoms with Gasteiger partial charge in [-0.2, -0.15) is 0 Å². The fraction of sp³-hybridized carbons (Fsp3) is 0.688. The lowest BCUT2D eigenvalue weighted by molar-refractivity contribution is -0.134. The van der Waals surface area contributed by atoms with Gasteiger partial charge in [-0.15, -0.1) is 0 Å². The highest BCUT2D eigenvalue weighted by atomic mass is 16.5. The van der Waals surface area contributed by atoms with Gasteiger partial charge in [-0.3, -0.25) is 9.59 Å². The molecule has 6 nitrogen and oxygen atoms in total. The molecule has 1 aromatic heterocycles. The summed E-state index contributed by atoms with van der Waals surface area (Å²) in [7, 11) is 0. The maximum atomic E-state index is 12.5. The third-order valence-electron chi connectivity index (χ3n) is 4.32. The molecule has 0 unspecified atom stereocenters. The molecule has 0 atom stereocenters. The molecule has 6 heteroatoms. The average Bonchev–Trinajstić information content (AvgIpc) is 3.28. The van der Waals surface area contributed by atoms with Gasteiger partial charge >= 0.3 is 0 Å². The van der Waals surface area contributed by atoms with Gasteiger partial charge in [-0.25, -0.2) is 0 Å². The fourth-order valence-corrected chi connectivity index (χ4v) is 2.82. The summed E-state index contributed by atoms with van der Waals surface area (Å²) in [5, 5.41) is 3.92. The first-order valence-corrected chi connectivity index (χ1v) is 8.11. The lowest BCUT2D eigenvalue weighted by atomic mass is 10.2. The molecule has 2 fully saturated rings. The largest absolute Gasteiger partial charge is 0.360 e. The van der Waals surface area contributed by atoms with Gasteiger partial charge in [-0.1, -0.05) is 19.0 Å². The van der Waals surface area contributed by atoms with Crippen LogP contribution in [0.3, 0.4) is 0 Å². The monoisotopic (exact) mass is 305 g/mol. The Morgan fingerprint density at radius 2 is 1.86 bits per heavy atom. The number of carbonyl (C=O) groups is 2. The molecule has 2 aliphatic rings. The minimum atomic E-state index is -0.0884. The summed E-state index contributed by atoms with van der Waals surface area (Å²) in [6, 6.07) is 1.78. The van der Waals surface area contributed by atoms with Crippen LogP contribution in [0.1, 0.15) is 55.3 Å². The lowest BCUT2D eigenvalue weighted by Crippen LogP contribution is -2.39. The Morgan fingerprint density at radius 1 is 1.18 bits per heavy atom. The van der Waals surface area contributed by atoms with Crippen LogP contribution in [0.15, 0.2) is 10.6 Å². The van der Waals surface area contributed by atoms with Gasteiger partial charge in [0, 0.05) is 44.1 Å². The van der Waals surface area contributed by atoms with Crippen molar-refractivity contribution in [1.29, 1.82) is 0 Å². The number of carbonyl (C=O) groups excluding carboxylic acids is 2. The molecule has 3 rings (SSSR count). The van der Waals surface area contributed by atoms with Crippen LogP contribution < -0.4 is 0 Å². The number of amides is 2. The van der Waals surface area contributed by atoms with Crippen LogP contribution in [0.4, 0.5) is 0 Å². The van der Waals surface area contributed by atoms with Gasteiger partial charge in [0.2, 0.25) is 5.91 Å². The summed E-state index contributed by atoms with van der Waals surface area (Å²) in [6.45, 7) is 6.34. The molecule has 22 heavy (non-hydrogen) atoms. The second kappa shape index (κ2) is 6.10. The molecule has 2 amide bonds. The number of aromatic nitrogens is 1. The Balaban J connectivity index is 1.62.